The molecule has 2 N–H and O–H groups in total. The molecule has 1 aliphatic rings. The third-order valence-electron chi connectivity index (χ3n) is 5.70. The number of amides is 1. The molecule has 0 aromatic heterocycles. The van der Waals surface area contributed by atoms with E-state index < -0.39 is 23.5 Å². The van der Waals surface area contributed by atoms with Gasteiger partial charge in [-0.25, -0.2) is 0 Å². The predicted octanol–water partition coefficient (Wildman–Crippen LogP) is 5.65. The van der Waals surface area contributed by atoms with Crippen molar-refractivity contribution < 1.29 is 29.3 Å². The number of phenolic OH excluding ortho intramolecular Hbond substituents is 1. The third kappa shape index (κ3) is 4.29. The molecule has 4 rings (SSSR count). The minimum atomic E-state index is -1.09. The fourth-order valence-corrected chi connectivity index (χ4v) is 4.71. The fraction of sp³-hybridized carbons (Fsp3) is 0.154. The van der Waals surface area contributed by atoms with Crippen molar-refractivity contribution in [1.82, 2.24) is 0 Å². The van der Waals surface area contributed by atoms with Crippen LogP contribution < -0.4 is 14.4 Å². The van der Waals surface area contributed by atoms with Gasteiger partial charge in [0.1, 0.15) is 11.5 Å². The van der Waals surface area contributed by atoms with E-state index in [-0.39, 0.29) is 33.4 Å². The zero-order valence-corrected chi connectivity index (χ0v) is 20.5. The van der Waals surface area contributed by atoms with Gasteiger partial charge in [-0.2, -0.15) is 0 Å². The molecular formula is C26H21Cl2NO6. The van der Waals surface area contributed by atoms with Gasteiger partial charge in [-0.05, 0) is 60.5 Å². The van der Waals surface area contributed by atoms with Crippen LogP contribution in [0, 0.1) is 6.92 Å². The maximum atomic E-state index is 13.3. The number of ketones is 1. The highest BCUT2D eigenvalue weighted by atomic mass is 35.5. The average Bonchev–Trinajstić information content (AvgIpc) is 3.08. The number of halogens is 2. The molecule has 9 heteroatoms. The summed E-state index contributed by atoms with van der Waals surface area (Å²) < 4.78 is 10.5. The first-order chi connectivity index (χ1) is 16.7. The molecule has 1 heterocycles. The molecular weight excluding hydrogens is 493 g/mol. The molecule has 1 saturated heterocycles. The highest BCUT2D eigenvalue weighted by Crippen LogP contribution is 2.46. The molecule has 0 spiro atoms. The van der Waals surface area contributed by atoms with Gasteiger partial charge in [0.15, 0.2) is 11.5 Å². The Kier molecular flexibility index (Phi) is 6.65. The van der Waals surface area contributed by atoms with Crippen molar-refractivity contribution in [3.05, 3.63) is 86.9 Å². The maximum Gasteiger partial charge on any atom is 0.300 e. The molecule has 0 aliphatic carbocycles. The van der Waals surface area contributed by atoms with E-state index in [1.807, 2.05) is 0 Å². The highest BCUT2D eigenvalue weighted by molar-refractivity contribution is 6.52. The number of aliphatic hydroxyl groups excluding tert-OH is 1. The zero-order valence-electron chi connectivity index (χ0n) is 19.0. The summed E-state index contributed by atoms with van der Waals surface area (Å²) in [5.74, 6) is -2.08. The van der Waals surface area contributed by atoms with E-state index >= 15 is 0 Å². The van der Waals surface area contributed by atoms with Crippen LogP contribution in [0.1, 0.15) is 22.7 Å². The van der Waals surface area contributed by atoms with Gasteiger partial charge in [-0.15, -0.1) is 0 Å². The van der Waals surface area contributed by atoms with E-state index in [9.17, 15) is 19.8 Å². The summed E-state index contributed by atoms with van der Waals surface area (Å²) in [6.07, 6.45) is 0. The van der Waals surface area contributed by atoms with Gasteiger partial charge < -0.3 is 19.7 Å². The van der Waals surface area contributed by atoms with Gasteiger partial charge in [-0.3, -0.25) is 14.5 Å². The fourth-order valence-electron chi connectivity index (χ4n) is 4.17. The van der Waals surface area contributed by atoms with Crippen molar-refractivity contribution in [2.24, 2.45) is 0 Å². The van der Waals surface area contributed by atoms with E-state index in [4.69, 9.17) is 32.7 Å². The molecule has 1 amide bonds. The molecule has 35 heavy (non-hydrogen) atoms. The van der Waals surface area contributed by atoms with Crippen molar-refractivity contribution in [2.75, 3.05) is 19.1 Å². The highest BCUT2D eigenvalue weighted by Gasteiger charge is 2.47. The summed E-state index contributed by atoms with van der Waals surface area (Å²) in [7, 11) is 2.79. The molecule has 0 radical (unpaired) electrons. The summed E-state index contributed by atoms with van der Waals surface area (Å²) in [5, 5.41) is 22.4. The lowest BCUT2D eigenvalue weighted by atomic mass is 9.94. The Balaban J connectivity index is 2.03. The topological polar surface area (TPSA) is 96.3 Å². The number of carbonyl (C=O) groups is 2. The van der Waals surface area contributed by atoms with Crippen molar-refractivity contribution in [2.45, 2.75) is 13.0 Å². The molecule has 180 valence electrons. The molecule has 1 unspecified atom stereocenters. The smallest absolute Gasteiger partial charge is 0.300 e. The summed E-state index contributed by atoms with van der Waals surface area (Å²) in [5.41, 5.74) is 1.37. The number of hydrogen-bond donors (Lipinski definition) is 2. The standard InChI is InChI=1S/C26H21Cl2NO6/c1-13-9-17(25(35-3)18(28)10-13)23(31)21-22(14-7-8-20(34-2)19(30)11-14)29(26(33)24(21)32)16-6-4-5-15(27)12-16/h4-12,22,30-31H,1-3H3/b23-21+. The van der Waals surface area contributed by atoms with E-state index in [1.54, 1.807) is 43.3 Å². The lowest BCUT2D eigenvalue weighted by Crippen LogP contribution is -2.29. The maximum absolute atomic E-state index is 13.3. The second kappa shape index (κ2) is 9.52. The lowest BCUT2D eigenvalue weighted by molar-refractivity contribution is -0.132. The predicted molar refractivity (Wildman–Crippen MR) is 134 cm³/mol. The monoisotopic (exact) mass is 513 g/mol. The van der Waals surface area contributed by atoms with Gasteiger partial charge in [-0.1, -0.05) is 35.3 Å². The van der Waals surface area contributed by atoms with Crippen LogP contribution >= 0.6 is 23.2 Å². The number of aromatic hydroxyl groups is 1. The van der Waals surface area contributed by atoms with Crippen LogP contribution in [0.25, 0.3) is 5.76 Å². The van der Waals surface area contributed by atoms with E-state index in [1.165, 1.54) is 37.3 Å². The summed E-state index contributed by atoms with van der Waals surface area (Å²) in [6, 6.07) is 13.1. The third-order valence-corrected chi connectivity index (χ3v) is 6.21. The normalized spacial score (nSPS) is 17.1. The first-order valence-corrected chi connectivity index (χ1v) is 11.2. The molecule has 1 fully saturated rings. The second-order valence-electron chi connectivity index (χ2n) is 7.91. The Hall–Kier alpha value is -3.68. The number of hydrogen-bond acceptors (Lipinski definition) is 6. The van der Waals surface area contributed by atoms with Crippen LogP contribution in [0.5, 0.6) is 17.2 Å². The first-order valence-electron chi connectivity index (χ1n) is 10.5. The van der Waals surface area contributed by atoms with Gasteiger partial charge in [0.25, 0.3) is 11.7 Å². The minimum absolute atomic E-state index is 0.153. The van der Waals surface area contributed by atoms with Gasteiger partial charge >= 0.3 is 0 Å². The van der Waals surface area contributed by atoms with Crippen LogP contribution in [0.3, 0.4) is 0 Å². The molecule has 0 saturated carbocycles. The Bertz CT molecular complexity index is 1380. The van der Waals surface area contributed by atoms with Gasteiger partial charge in [0.05, 0.1) is 36.4 Å². The van der Waals surface area contributed by atoms with Gasteiger partial charge in [0, 0.05) is 10.7 Å². The number of methoxy groups -OCH3 is 2. The van der Waals surface area contributed by atoms with Crippen LogP contribution in [-0.2, 0) is 9.59 Å². The number of rotatable bonds is 5. The van der Waals surface area contributed by atoms with Crippen LogP contribution in [0.2, 0.25) is 10.0 Å². The van der Waals surface area contributed by atoms with Crippen molar-refractivity contribution in [3.63, 3.8) is 0 Å². The average molecular weight is 514 g/mol. The zero-order chi connectivity index (χ0) is 25.4. The first kappa shape index (κ1) is 24.4. The summed E-state index contributed by atoms with van der Waals surface area (Å²) in [6.45, 7) is 1.77. The molecule has 3 aromatic rings. The number of ether oxygens (including phenoxy) is 2. The minimum Gasteiger partial charge on any atom is -0.507 e. The van der Waals surface area contributed by atoms with Crippen LogP contribution in [0.15, 0.2) is 60.2 Å². The summed E-state index contributed by atoms with van der Waals surface area (Å²) >= 11 is 12.5. The molecule has 0 bridgehead atoms. The van der Waals surface area contributed by atoms with E-state index in [0.29, 0.717) is 21.8 Å². The van der Waals surface area contributed by atoms with Crippen molar-refractivity contribution in [3.8, 4) is 17.2 Å². The van der Waals surface area contributed by atoms with Crippen LogP contribution in [0.4, 0.5) is 5.69 Å². The second-order valence-corrected chi connectivity index (χ2v) is 8.75. The lowest BCUT2D eigenvalue weighted by Gasteiger charge is -2.26. The number of Topliss-reactive ketones (excluding diaryl/α,β-unsaturated/α-hetero) is 1. The number of aryl methyl sites for hydroxylation is 1. The summed E-state index contributed by atoms with van der Waals surface area (Å²) in [4.78, 5) is 27.9. The Morgan fingerprint density at radius 2 is 1.74 bits per heavy atom. The molecule has 1 atom stereocenters. The Morgan fingerprint density at radius 3 is 2.37 bits per heavy atom. The molecule has 3 aromatic carbocycles. The number of carbonyl (C=O) groups excluding carboxylic acids is 2. The number of aliphatic hydroxyl groups is 1. The SMILES string of the molecule is COc1ccc(C2/C(=C(\O)c3cc(C)cc(Cl)c3OC)C(=O)C(=O)N2c2cccc(Cl)c2)cc1O. The van der Waals surface area contributed by atoms with Gasteiger partial charge in [0.2, 0.25) is 0 Å². The van der Waals surface area contributed by atoms with Crippen LogP contribution in [-0.4, -0.2) is 36.1 Å². The molecule has 1 aliphatic heterocycles. The van der Waals surface area contributed by atoms with E-state index in [0.717, 1.165) is 0 Å². The number of nitrogens with zero attached hydrogens (tertiary/aromatic N) is 1. The quantitative estimate of drug-likeness (QED) is 0.260. The van der Waals surface area contributed by atoms with Crippen molar-refractivity contribution >= 4 is 46.3 Å². The number of anilines is 1. The van der Waals surface area contributed by atoms with Crippen molar-refractivity contribution in [1.29, 1.82) is 0 Å². The number of phenols is 1. The number of benzene rings is 3. The largest absolute Gasteiger partial charge is 0.507 e. The Morgan fingerprint density at radius 1 is 1.00 bits per heavy atom. The Labute approximate surface area is 211 Å². The van der Waals surface area contributed by atoms with E-state index in [2.05, 4.69) is 0 Å². The molecule has 7 nitrogen and oxygen atoms in total.